The number of pyridine rings is 1. The van der Waals surface area contributed by atoms with Crippen molar-refractivity contribution in [3.63, 3.8) is 0 Å². The summed E-state index contributed by atoms with van der Waals surface area (Å²) in [6.45, 7) is 1.70. The van der Waals surface area contributed by atoms with Gasteiger partial charge in [0.15, 0.2) is 11.6 Å². The number of aromatic nitrogens is 2. The minimum atomic E-state index is -2.99. The molecule has 2 N–H and O–H groups in total. The molecule has 0 spiro atoms. The van der Waals surface area contributed by atoms with Crippen molar-refractivity contribution < 1.29 is 13.2 Å². The average molecular weight is 466 g/mol. The van der Waals surface area contributed by atoms with Crippen LogP contribution in [0.15, 0.2) is 36.7 Å². The van der Waals surface area contributed by atoms with Gasteiger partial charge in [0.05, 0.1) is 5.39 Å². The molecule has 9 heteroatoms. The van der Waals surface area contributed by atoms with Gasteiger partial charge in [0, 0.05) is 37.1 Å². The summed E-state index contributed by atoms with van der Waals surface area (Å²) in [5.74, 6) is 0.131. The number of hydrogen-bond donors (Lipinski definition) is 2. The van der Waals surface area contributed by atoms with Gasteiger partial charge in [0.2, 0.25) is 0 Å². The highest BCUT2D eigenvalue weighted by molar-refractivity contribution is 7.95. The normalized spacial score (nSPS) is 18.0. The zero-order chi connectivity index (χ0) is 22.2. The number of hydrogen-bond acceptors (Lipinski definition) is 3. The predicted octanol–water partition coefficient (Wildman–Crippen LogP) is 4.65. The highest BCUT2D eigenvalue weighted by Gasteiger charge is 2.38. The van der Waals surface area contributed by atoms with Gasteiger partial charge in [-0.3, -0.25) is 0 Å². The SMILES string of the molecule is CN(C)CC[S+](=O)(O)N1CCC(c2ccc(-c3ccnc4[nH]cc(F)c34)cc2Cl)CC1. The van der Waals surface area contributed by atoms with Crippen molar-refractivity contribution in [3.8, 4) is 11.1 Å². The first kappa shape index (κ1) is 22.4. The Morgan fingerprint density at radius 3 is 2.74 bits per heavy atom. The van der Waals surface area contributed by atoms with E-state index in [-0.39, 0.29) is 17.5 Å². The van der Waals surface area contributed by atoms with Crippen LogP contribution in [0.4, 0.5) is 4.39 Å². The number of nitrogens with zero attached hydrogens (tertiary/aromatic N) is 3. The van der Waals surface area contributed by atoms with Crippen molar-refractivity contribution in [2.45, 2.75) is 18.8 Å². The van der Waals surface area contributed by atoms with E-state index in [9.17, 15) is 13.2 Å². The van der Waals surface area contributed by atoms with Crippen LogP contribution >= 0.6 is 11.6 Å². The minimum absolute atomic E-state index is 0.225. The van der Waals surface area contributed by atoms with E-state index in [1.165, 1.54) is 6.20 Å². The van der Waals surface area contributed by atoms with E-state index < -0.39 is 10.4 Å². The molecule has 0 radical (unpaired) electrons. The van der Waals surface area contributed by atoms with E-state index in [0.29, 0.717) is 35.7 Å². The van der Waals surface area contributed by atoms with Crippen molar-refractivity contribution in [1.82, 2.24) is 19.2 Å². The standard InChI is InChI=1S/C22H26ClFN4O2S/c1-27(2)11-12-31(29,30)28-9-6-15(7-10-28)17-4-3-16(13-19(17)23)18-5-8-25-22-21(18)20(24)14-26-22/h3-5,8,13-15H,6-7,9-12H2,1-2H3,(H-,25,26,29,30)/p+1. The molecule has 0 saturated carbocycles. The first-order valence-electron chi connectivity index (χ1n) is 10.3. The maximum absolute atomic E-state index is 14.2. The molecule has 0 amide bonds. The van der Waals surface area contributed by atoms with Crippen molar-refractivity contribution in [3.05, 3.63) is 53.1 Å². The molecule has 4 rings (SSSR count). The summed E-state index contributed by atoms with van der Waals surface area (Å²) < 4.78 is 39.0. The van der Waals surface area contributed by atoms with Crippen molar-refractivity contribution >= 4 is 33.0 Å². The maximum Gasteiger partial charge on any atom is 0.292 e. The van der Waals surface area contributed by atoms with Crippen LogP contribution in [-0.4, -0.2) is 63.2 Å². The number of rotatable bonds is 6. The highest BCUT2D eigenvalue weighted by Crippen LogP contribution is 2.37. The predicted molar refractivity (Wildman–Crippen MR) is 124 cm³/mol. The molecule has 1 aliphatic rings. The van der Waals surface area contributed by atoms with E-state index in [1.54, 1.807) is 16.6 Å². The molecule has 3 heterocycles. The molecule has 1 saturated heterocycles. The van der Waals surface area contributed by atoms with E-state index in [4.69, 9.17) is 11.6 Å². The van der Waals surface area contributed by atoms with Gasteiger partial charge in [0.25, 0.3) is 10.4 Å². The number of halogens is 2. The first-order valence-corrected chi connectivity index (χ1v) is 12.3. The fourth-order valence-corrected chi connectivity index (χ4v) is 6.14. The molecule has 1 aromatic carbocycles. The van der Waals surface area contributed by atoms with Gasteiger partial charge in [-0.15, -0.1) is 0 Å². The van der Waals surface area contributed by atoms with Crippen LogP contribution in [0.2, 0.25) is 5.02 Å². The summed E-state index contributed by atoms with van der Waals surface area (Å²) >= 11 is 6.65. The Kier molecular flexibility index (Phi) is 6.46. The molecule has 6 nitrogen and oxygen atoms in total. The molecule has 3 aromatic rings. The van der Waals surface area contributed by atoms with Gasteiger partial charge in [-0.05, 0) is 65.9 Å². The van der Waals surface area contributed by atoms with Gasteiger partial charge in [0.1, 0.15) is 5.65 Å². The van der Waals surface area contributed by atoms with Gasteiger partial charge in [-0.2, -0.15) is 4.55 Å². The molecular formula is C22H27ClFN4O2S+. The Bertz CT molecular complexity index is 1130. The number of H-pyrrole nitrogens is 1. The van der Waals surface area contributed by atoms with Crippen LogP contribution in [0.5, 0.6) is 0 Å². The van der Waals surface area contributed by atoms with E-state index in [2.05, 4.69) is 9.97 Å². The topological polar surface area (TPSA) is 72.5 Å². The molecule has 0 bridgehead atoms. The second-order valence-electron chi connectivity index (χ2n) is 8.27. The van der Waals surface area contributed by atoms with Crippen LogP contribution < -0.4 is 0 Å². The molecule has 166 valence electrons. The van der Waals surface area contributed by atoms with Gasteiger partial charge in [-0.25, -0.2) is 9.37 Å². The smallest absolute Gasteiger partial charge is 0.292 e. The van der Waals surface area contributed by atoms with E-state index >= 15 is 0 Å². The molecule has 1 unspecified atom stereocenters. The lowest BCUT2D eigenvalue weighted by Crippen LogP contribution is -2.44. The lowest BCUT2D eigenvalue weighted by Gasteiger charge is -2.30. The second kappa shape index (κ2) is 8.96. The number of fused-ring (bicyclic) bond motifs is 1. The molecule has 31 heavy (non-hydrogen) atoms. The second-order valence-corrected chi connectivity index (χ2v) is 10.8. The third-order valence-corrected chi connectivity index (χ3v) is 8.15. The number of piperidine rings is 1. The quantitative estimate of drug-likeness (QED) is 0.520. The molecule has 1 atom stereocenters. The molecule has 1 aliphatic heterocycles. The van der Waals surface area contributed by atoms with Crippen LogP contribution in [0.1, 0.15) is 24.3 Å². The Labute approximate surface area is 187 Å². The fraction of sp³-hybridized carbons (Fsp3) is 0.409. The van der Waals surface area contributed by atoms with Crippen molar-refractivity contribution in [1.29, 1.82) is 0 Å². The summed E-state index contributed by atoms with van der Waals surface area (Å²) in [6, 6.07) is 7.61. The largest absolute Gasteiger partial charge is 0.343 e. The van der Waals surface area contributed by atoms with E-state index in [0.717, 1.165) is 29.5 Å². The Hall–Kier alpha value is -1.84. The fourth-order valence-electron chi connectivity index (χ4n) is 4.17. The zero-order valence-corrected chi connectivity index (χ0v) is 19.2. The van der Waals surface area contributed by atoms with Crippen molar-refractivity contribution in [2.24, 2.45) is 0 Å². The van der Waals surface area contributed by atoms with Gasteiger partial charge < -0.3 is 9.88 Å². The van der Waals surface area contributed by atoms with Crippen molar-refractivity contribution in [2.75, 3.05) is 39.5 Å². The molecule has 1 fully saturated rings. The summed E-state index contributed by atoms with van der Waals surface area (Å²) in [4.78, 5) is 8.92. The minimum Gasteiger partial charge on any atom is -0.343 e. The van der Waals surface area contributed by atoms with Crippen LogP contribution in [0.25, 0.3) is 22.2 Å². The summed E-state index contributed by atoms with van der Waals surface area (Å²) in [5, 5.41) is 1.09. The monoisotopic (exact) mass is 465 g/mol. The average Bonchev–Trinajstić information content (AvgIpc) is 3.13. The third kappa shape index (κ3) is 4.68. The summed E-state index contributed by atoms with van der Waals surface area (Å²) in [6.07, 6.45) is 4.49. The Morgan fingerprint density at radius 2 is 2.06 bits per heavy atom. The number of aromatic amines is 1. The van der Waals surface area contributed by atoms with E-state index in [1.807, 2.05) is 37.2 Å². The molecular weight excluding hydrogens is 439 g/mol. The van der Waals surface area contributed by atoms with Crippen LogP contribution in [0, 0.1) is 5.82 Å². The number of nitrogens with one attached hydrogen (secondary N) is 1. The highest BCUT2D eigenvalue weighted by atomic mass is 35.5. The molecule has 2 aromatic heterocycles. The Balaban J connectivity index is 1.50. The Morgan fingerprint density at radius 1 is 1.32 bits per heavy atom. The third-order valence-electron chi connectivity index (χ3n) is 5.94. The molecule has 0 aliphatic carbocycles. The summed E-state index contributed by atoms with van der Waals surface area (Å²) in [7, 11) is 0.803. The number of benzene rings is 1. The van der Waals surface area contributed by atoms with Gasteiger partial charge in [-0.1, -0.05) is 28.0 Å². The lowest BCUT2D eigenvalue weighted by atomic mass is 9.89. The van der Waals surface area contributed by atoms with Crippen LogP contribution in [0.3, 0.4) is 0 Å². The summed E-state index contributed by atoms with van der Waals surface area (Å²) in [5.41, 5.74) is 3.11. The zero-order valence-electron chi connectivity index (χ0n) is 17.6. The maximum atomic E-state index is 14.2. The van der Waals surface area contributed by atoms with Gasteiger partial charge >= 0.3 is 0 Å². The van der Waals surface area contributed by atoms with Crippen LogP contribution in [-0.2, 0) is 14.6 Å². The first-order chi connectivity index (χ1) is 14.8. The lowest BCUT2D eigenvalue weighted by molar-refractivity contribution is 0.293.